The number of carbonyl (C=O) groups is 1. The van der Waals surface area contributed by atoms with E-state index in [1.54, 1.807) is 6.92 Å². The molecule has 0 radical (unpaired) electrons. The molecule has 0 saturated heterocycles. The third-order valence-electron chi connectivity index (χ3n) is 4.72. The zero-order chi connectivity index (χ0) is 16.6. The molecule has 23 heavy (non-hydrogen) atoms. The lowest BCUT2D eigenvalue weighted by molar-refractivity contribution is -0.117. The smallest absolute Gasteiger partial charge is 0.224 e. The van der Waals surface area contributed by atoms with E-state index in [4.69, 9.17) is 5.73 Å². The highest BCUT2D eigenvalue weighted by atomic mass is 16.2. The van der Waals surface area contributed by atoms with Crippen molar-refractivity contribution in [2.24, 2.45) is 5.73 Å². The molecule has 0 fully saturated rings. The summed E-state index contributed by atoms with van der Waals surface area (Å²) in [6.45, 7) is 5.75. The summed E-state index contributed by atoms with van der Waals surface area (Å²) in [5, 5.41) is 0. The van der Waals surface area contributed by atoms with Crippen molar-refractivity contribution < 1.29 is 4.79 Å². The number of hydrogen-bond donors (Lipinski definition) is 1. The molecule has 2 aromatic rings. The van der Waals surface area contributed by atoms with Crippen molar-refractivity contribution in [1.82, 2.24) is 0 Å². The summed E-state index contributed by atoms with van der Waals surface area (Å²) in [5.74, 6) is 0.118. The van der Waals surface area contributed by atoms with Crippen molar-refractivity contribution in [3.05, 3.63) is 53.6 Å². The van der Waals surface area contributed by atoms with Crippen LogP contribution in [0.15, 0.2) is 42.5 Å². The molecule has 0 aromatic heterocycles. The summed E-state index contributed by atoms with van der Waals surface area (Å²) in [7, 11) is 0. The predicted molar refractivity (Wildman–Crippen MR) is 95.4 cm³/mol. The number of aryl methyl sites for hydroxylation is 1. The van der Waals surface area contributed by atoms with Crippen LogP contribution in [0.1, 0.15) is 44.4 Å². The minimum atomic E-state index is 0.0539. The molecule has 0 unspecified atom stereocenters. The van der Waals surface area contributed by atoms with E-state index in [1.165, 1.54) is 16.7 Å². The number of nitrogens with two attached hydrogens (primary N) is 1. The minimum Gasteiger partial charge on any atom is -0.324 e. The van der Waals surface area contributed by atoms with E-state index in [0.717, 1.165) is 24.1 Å². The maximum Gasteiger partial charge on any atom is 0.224 e. The van der Waals surface area contributed by atoms with Crippen LogP contribution in [-0.2, 0) is 11.2 Å². The minimum absolute atomic E-state index is 0.0539. The molecular formula is C20H24N2O. The summed E-state index contributed by atoms with van der Waals surface area (Å²) >= 11 is 0. The second kappa shape index (κ2) is 6.17. The lowest BCUT2D eigenvalue weighted by Crippen LogP contribution is -2.40. The number of carbonyl (C=O) groups excluding carboxylic acids is 1. The highest BCUT2D eigenvalue weighted by Crippen LogP contribution is 2.34. The standard InChI is InChI=1S/C20H24N2O/c1-13-4-5-19-12-18(10-11-20(19)22(13)15(3)23)17-8-6-16(7-9-17)14(2)21/h6-14H,4-5,21H2,1-3H3/t13-,14-/m0/s1. The van der Waals surface area contributed by atoms with Crippen LogP contribution in [0.2, 0.25) is 0 Å². The first-order valence-electron chi connectivity index (χ1n) is 8.26. The number of benzene rings is 2. The van der Waals surface area contributed by atoms with Crippen molar-refractivity contribution in [2.45, 2.75) is 45.7 Å². The van der Waals surface area contributed by atoms with Crippen molar-refractivity contribution in [2.75, 3.05) is 4.90 Å². The number of nitrogens with zero attached hydrogens (tertiary/aromatic N) is 1. The van der Waals surface area contributed by atoms with E-state index in [9.17, 15) is 4.79 Å². The van der Waals surface area contributed by atoms with Gasteiger partial charge in [-0.2, -0.15) is 0 Å². The van der Waals surface area contributed by atoms with Crippen LogP contribution in [0.4, 0.5) is 5.69 Å². The summed E-state index contributed by atoms with van der Waals surface area (Å²) in [6, 6.07) is 15.2. The Labute approximate surface area is 138 Å². The maximum absolute atomic E-state index is 11.9. The van der Waals surface area contributed by atoms with Gasteiger partial charge in [0.1, 0.15) is 0 Å². The zero-order valence-corrected chi connectivity index (χ0v) is 14.0. The third kappa shape index (κ3) is 3.02. The van der Waals surface area contributed by atoms with Crippen molar-refractivity contribution >= 4 is 11.6 Å². The fourth-order valence-electron chi connectivity index (χ4n) is 3.39. The maximum atomic E-state index is 11.9. The number of anilines is 1. The van der Waals surface area contributed by atoms with Gasteiger partial charge in [0.2, 0.25) is 5.91 Å². The Balaban J connectivity index is 1.96. The van der Waals surface area contributed by atoms with Gasteiger partial charge in [0.05, 0.1) is 0 Å². The summed E-state index contributed by atoms with van der Waals surface area (Å²) < 4.78 is 0. The van der Waals surface area contributed by atoms with Crippen LogP contribution < -0.4 is 10.6 Å². The van der Waals surface area contributed by atoms with Gasteiger partial charge in [-0.15, -0.1) is 0 Å². The van der Waals surface area contributed by atoms with Crippen molar-refractivity contribution in [1.29, 1.82) is 0 Å². The van der Waals surface area contributed by atoms with Gasteiger partial charge >= 0.3 is 0 Å². The van der Waals surface area contributed by atoms with E-state index in [0.29, 0.717) is 0 Å². The average Bonchev–Trinajstić information content (AvgIpc) is 2.54. The Morgan fingerprint density at radius 2 is 1.83 bits per heavy atom. The van der Waals surface area contributed by atoms with Crippen LogP contribution in [0.25, 0.3) is 11.1 Å². The van der Waals surface area contributed by atoms with Crippen LogP contribution >= 0.6 is 0 Å². The lowest BCUT2D eigenvalue weighted by Gasteiger charge is -2.34. The van der Waals surface area contributed by atoms with Gasteiger partial charge in [0.25, 0.3) is 0 Å². The summed E-state index contributed by atoms with van der Waals surface area (Å²) in [5.41, 5.74) is 11.8. The van der Waals surface area contributed by atoms with Crippen molar-refractivity contribution in [3.8, 4) is 11.1 Å². The molecule has 0 bridgehead atoms. The Kier molecular flexibility index (Phi) is 4.22. The molecule has 1 aliphatic rings. The second-order valence-corrected chi connectivity index (χ2v) is 6.53. The van der Waals surface area contributed by atoms with Gasteiger partial charge in [0.15, 0.2) is 0 Å². The first-order valence-corrected chi connectivity index (χ1v) is 8.26. The van der Waals surface area contributed by atoms with Gasteiger partial charge in [-0.3, -0.25) is 4.79 Å². The summed E-state index contributed by atoms with van der Waals surface area (Å²) in [6.07, 6.45) is 2.03. The van der Waals surface area contributed by atoms with Crippen LogP contribution in [0.5, 0.6) is 0 Å². The normalized spacial score (nSPS) is 18.4. The Bertz CT molecular complexity index is 719. The predicted octanol–water partition coefficient (Wildman–Crippen LogP) is 4.06. The van der Waals surface area contributed by atoms with Crippen LogP contribution in [-0.4, -0.2) is 11.9 Å². The van der Waals surface area contributed by atoms with Gasteiger partial charge in [-0.25, -0.2) is 0 Å². The Morgan fingerprint density at radius 3 is 2.43 bits per heavy atom. The van der Waals surface area contributed by atoms with Gasteiger partial charge in [-0.1, -0.05) is 30.3 Å². The molecule has 2 aromatic carbocycles. The highest BCUT2D eigenvalue weighted by Gasteiger charge is 2.26. The van der Waals surface area contributed by atoms with E-state index >= 15 is 0 Å². The van der Waals surface area contributed by atoms with Crippen LogP contribution in [0, 0.1) is 0 Å². The quantitative estimate of drug-likeness (QED) is 0.909. The fourth-order valence-corrected chi connectivity index (χ4v) is 3.39. The molecule has 3 heteroatoms. The Hall–Kier alpha value is -2.13. The molecular weight excluding hydrogens is 284 g/mol. The first kappa shape index (κ1) is 15.8. The molecule has 2 atom stereocenters. The van der Waals surface area contributed by atoms with E-state index in [2.05, 4.69) is 49.4 Å². The molecule has 1 amide bonds. The summed E-state index contributed by atoms with van der Waals surface area (Å²) in [4.78, 5) is 13.9. The molecule has 2 N–H and O–H groups in total. The van der Waals surface area contributed by atoms with Gasteiger partial charge < -0.3 is 10.6 Å². The molecule has 3 nitrogen and oxygen atoms in total. The van der Waals surface area contributed by atoms with Gasteiger partial charge in [0, 0.05) is 24.7 Å². The SMILES string of the molecule is CC(=O)N1c2ccc(-c3ccc([C@H](C)N)cc3)cc2CC[C@@H]1C. The van der Waals surface area contributed by atoms with E-state index in [1.807, 2.05) is 11.8 Å². The van der Waals surface area contributed by atoms with E-state index < -0.39 is 0 Å². The number of hydrogen-bond acceptors (Lipinski definition) is 2. The molecule has 1 heterocycles. The fraction of sp³-hybridized carbons (Fsp3) is 0.350. The second-order valence-electron chi connectivity index (χ2n) is 6.53. The molecule has 0 saturated carbocycles. The highest BCUT2D eigenvalue weighted by molar-refractivity contribution is 5.94. The molecule has 120 valence electrons. The number of rotatable bonds is 2. The monoisotopic (exact) mass is 308 g/mol. The number of fused-ring (bicyclic) bond motifs is 1. The average molecular weight is 308 g/mol. The third-order valence-corrected chi connectivity index (χ3v) is 4.72. The molecule has 3 rings (SSSR count). The van der Waals surface area contributed by atoms with Crippen molar-refractivity contribution in [3.63, 3.8) is 0 Å². The largest absolute Gasteiger partial charge is 0.324 e. The molecule has 0 aliphatic carbocycles. The topological polar surface area (TPSA) is 46.3 Å². The van der Waals surface area contributed by atoms with Gasteiger partial charge in [-0.05, 0) is 61.1 Å². The molecule has 0 spiro atoms. The number of amides is 1. The first-order chi connectivity index (χ1) is 11.0. The van der Waals surface area contributed by atoms with Crippen LogP contribution in [0.3, 0.4) is 0 Å². The Morgan fingerprint density at radius 1 is 1.17 bits per heavy atom. The molecule has 1 aliphatic heterocycles. The lowest BCUT2D eigenvalue weighted by atomic mass is 9.92. The zero-order valence-electron chi connectivity index (χ0n) is 14.0. The van der Waals surface area contributed by atoms with E-state index in [-0.39, 0.29) is 18.0 Å².